The molecule has 2 heterocycles. The maximum Gasteiger partial charge on any atom is 0.251 e. The predicted molar refractivity (Wildman–Crippen MR) is 125 cm³/mol. The number of sulfonamides is 1. The zero-order valence-electron chi connectivity index (χ0n) is 18.6. The molecule has 0 atom stereocenters. The Kier molecular flexibility index (Phi) is 7.48. The molecule has 0 radical (unpaired) electrons. The summed E-state index contributed by atoms with van der Waals surface area (Å²) >= 11 is 1.75. The Morgan fingerprint density at radius 2 is 1.88 bits per heavy atom. The number of aryl methyl sites for hydroxylation is 2. The summed E-state index contributed by atoms with van der Waals surface area (Å²) in [5, 5.41) is 3.96. The van der Waals surface area contributed by atoms with Gasteiger partial charge in [-0.15, -0.1) is 11.3 Å². The van der Waals surface area contributed by atoms with Crippen molar-refractivity contribution < 1.29 is 17.9 Å². The molecule has 32 heavy (non-hydrogen) atoms. The van der Waals surface area contributed by atoms with Crippen LogP contribution in [0.5, 0.6) is 5.75 Å². The third-order valence-corrected chi connectivity index (χ3v) is 9.26. The molecule has 9 heteroatoms. The van der Waals surface area contributed by atoms with E-state index in [0.717, 1.165) is 43.5 Å². The van der Waals surface area contributed by atoms with E-state index < -0.39 is 10.0 Å². The summed E-state index contributed by atoms with van der Waals surface area (Å²) in [7, 11) is -2.28. The monoisotopic (exact) mass is 477 g/mol. The molecule has 0 saturated carbocycles. The Labute approximate surface area is 194 Å². The molecule has 1 aromatic heterocycles. The van der Waals surface area contributed by atoms with Crippen LogP contribution in [-0.2, 0) is 29.3 Å². The molecule has 1 amide bonds. The van der Waals surface area contributed by atoms with Gasteiger partial charge in [-0.2, -0.15) is 4.31 Å². The standard InChI is InChI=1S/C23H31N3O4S2/c1-30-19-11-10-17(16-21(19)32(28,29)26-14-6-2-3-7-15-26)23(27)24-13-12-22-25-18-8-4-5-9-20(18)31-22/h10-11,16H,2-9,12-15H2,1H3,(H,24,27). The highest BCUT2D eigenvalue weighted by atomic mass is 32.2. The first-order valence-corrected chi connectivity index (χ1v) is 13.7. The van der Waals surface area contributed by atoms with Gasteiger partial charge in [-0.05, 0) is 56.7 Å². The molecule has 1 aliphatic carbocycles. The average Bonchev–Trinajstić information content (AvgIpc) is 3.01. The van der Waals surface area contributed by atoms with E-state index in [2.05, 4.69) is 5.32 Å². The minimum Gasteiger partial charge on any atom is -0.495 e. The van der Waals surface area contributed by atoms with E-state index in [1.165, 1.54) is 40.9 Å². The molecule has 1 saturated heterocycles. The van der Waals surface area contributed by atoms with Crippen LogP contribution in [-0.4, -0.2) is 50.4 Å². The van der Waals surface area contributed by atoms with Crippen molar-refractivity contribution in [2.24, 2.45) is 0 Å². The van der Waals surface area contributed by atoms with Gasteiger partial charge >= 0.3 is 0 Å². The Balaban J connectivity index is 1.45. The van der Waals surface area contributed by atoms with Gasteiger partial charge in [-0.1, -0.05) is 12.8 Å². The molecule has 1 fully saturated rings. The molecule has 4 rings (SSSR count). The minimum atomic E-state index is -3.73. The van der Waals surface area contributed by atoms with Crippen LogP contribution < -0.4 is 10.1 Å². The van der Waals surface area contributed by atoms with E-state index >= 15 is 0 Å². The Bertz CT molecular complexity index is 1030. The summed E-state index contributed by atoms with van der Waals surface area (Å²) in [6.07, 6.45) is 9.04. The van der Waals surface area contributed by atoms with Crippen molar-refractivity contribution in [1.82, 2.24) is 14.6 Å². The van der Waals surface area contributed by atoms with Crippen LogP contribution in [0.1, 0.15) is 64.5 Å². The molecule has 1 aliphatic heterocycles. The number of methoxy groups -OCH3 is 1. The number of rotatable bonds is 7. The smallest absolute Gasteiger partial charge is 0.251 e. The van der Waals surface area contributed by atoms with Crippen molar-refractivity contribution in [2.45, 2.75) is 62.7 Å². The summed E-state index contributed by atoms with van der Waals surface area (Å²) < 4.78 is 33.4. The highest BCUT2D eigenvalue weighted by Crippen LogP contribution is 2.30. The average molecular weight is 478 g/mol. The number of thiazole rings is 1. The van der Waals surface area contributed by atoms with E-state index in [0.29, 0.717) is 31.6 Å². The van der Waals surface area contributed by atoms with Crippen LogP contribution >= 0.6 is 11.3 Å². The summed E-state index contributed by atoms with van der Waals surface area (Å²) in [4.78, 5) is 18.9. The number of nitrogens with zero attached hydrogens (tertiary/aromatic N) is 2. The lowest BCUT2D eigenvalue weighted by atomic mass is 10.0. The topological polar surface area (TPSA) is 88.6 Å². The zero-order valence-corrected chi connectivity index (χ0v) is 20.2. The highest BCUT2D eigenvalue weighted by molar-refractivity contribution is 7.89. The van der Waals surface area contributed by atoms with Gasteiger partial charge in [0.2, 0.25) is 10.0 Å². The van der Waals surface area contributed by atoms with Crippen molar-refractivity contribution >= 4 is 27.3 Å². The SMILES string of the molecule is COc1ccc(C(=O)NCCc2nc3c(s2)CCCC3)cc1S(=O)(=O)N1CCCCCC1. The lowest BCUT2D eigenvalue weighted by molar-refractivity contribution is 0.0954. The fraction of sp³-hybridized carbons (Fsp3) is 0.565. The summed E-state index contributed by atoms with van der Waals surface area (Å²) in [5.74, 6) is -0.0274. The van der Waals surface area contributed by atoms with Gasteiger partial charge in [0.1, 0.15) is 10.6 Å². The number of carbonyl (C=O) groups is 1. The van der Waals surface area contributed by atoms with Crippen molar-refractivity contribution in [1.29, 1.82) is 0 Å². The number of aromatic nitrogens is 1. The Morgan fingerprint density at radius 1 is 1.12 bits per heavy atom. The third-order valence-electron chi connectivity index (χ3n) is 6.12. The third kappa shape index (κ3) is 5.15. The second-order valence-corrected chi connectivity index (χ2v) is 11.4. The van der Waals surface area contributed by atoms with Gasteiger partial charge in [0.05, 0.1) is 17.8 Å². The van der Waals surface area contributed by atoms with Crippen LogP contribution in [0.15, 0.2) is 23.1 Å². The largest absolute Gasteiger partial charge is 0.495 e. The zero-order chi connectivity index (χ0) is 22.6. The number of fused-ring (bicyclic) bond motifs is 1. The Morgan fingerprint density at radius 3 is 2.59 bits per heavy atom. The van der Waals surface area contributed by atoms with Gasteiger partial charge in [-0.3, -0.25) is 4.79 Å². The molecule has 0 bridgehead atoms. The van der Waals surface area contributed by atoms with Crippen LogP contribution in [0.4, 0.5) is 0 Å². The normalized spacial score (nSPS) is 17.4. The second-order valence-electron chi connectivity index (χ2n) is 8.37. The first-order chi connectivity index (χ1) is 15.5. The molecule has 2 aliphatic rings. The van der Waals surface area contributed by atoms with Gasteiger partial charge in [0.15, 0.2) is 0 Å². The molecule has 1 aromatic carbocycles. The first-order valence-electron chi connectivity index (χ1n) is 11.4. The summed E-state index contributed by atoms with van der Waals surface area (Å²) in [5.41, 5.74) is 1.54. The lowest BCUT2D eigenvalue weighted by Crippen LogP contribution is -2.32. The lowest BCUT2D eigenvalue weighted by Gasteiger charge is -2.21. The van der Waals surface area contributed by atoms with Crippen LogP contribution in [0, 0.1) is 0 Å². The molecular weight excluding hydrogens is 446 g/mol. The molecule has 0 spiro atoms. The van der Waals surface area contributed by atoms with E-state index in [4.69, 9.17) is 9.72 Å². The number of hydrogen-bond acceptors (Lipinski definition) is 6. The molecule has 174 valence electrons. The molecule has 0 unspecified atom stereocenters. The highest BCUT2D eigenvalue weighted by Gasteiger charge is 2.29. The van der Waals surface area contributed by atoms with E-state index in [9.17, 15) is 13.2 Å². The fourth-order valence-electron chi connectivity index (χ4n) is 4.34. The van der Waals surface area contributed by atoms with Crippen molar-refractivity contribution in [3.63, 3.8) is 0 Å². The number of nitrogens with one attached hydrogen (secondary N) is 1. The number of benzene rings is 1. The van der Waals surface area contributed by atoms with Gasteiger partial charge in [0.25, 0.3) is 5.91 Å². The van der Waals surface area contributed by atoms with Gasteiger partial charge < -0.3 is 10.1 Å². The maximum atomic E-state index is 13.3. The van der Waals surface area contributed by atoms with Crippen LogP contribution in [0.3, 0.4) is 0 Å². The summed E-state index contributed by atoms with van der Waals surface area (Å²) in [6, 6.07) is 4.61. The van der Waals surface area contributed by atoms with Crippen molar-refractivity contribution in [3.8, 4) is 5.75 Å². The van der Waals surface area contributed by atoms with Crippen molar-refractivity contribution in [3.05, 3.63) is 39.3 Å². The molecular formula is C23H31N3O4S2. The van der Waals surface area contributed by atoms with Gasteiger partial charge in [0, 0.05) is 36.5 Å². The predicted octanol–water partition coefficient (Wildman–Crippen LogP) is 3.57. The van der Waals surface area contributed by atoms with Crippen molar-refractivity contribution in [2.75, 3.05) is 26.7 Å². The molecule has 7 nitrogen and oxygen atoms in total. The van der Waals surface area contributed by atoms with E-state index in [1.807, 2.05) is 0 Å². The summed E-state index contributed by atoms with van der Waals surface area (Å²) in [6.45, 7) is 1.46. The number of ether oxygens (including phenoxy) is 1. The molecule has 1 N–H and O–H groups in total. The van der Waals surface area contributed by atoms with Gasteiger partial charge in [-0.25, -0.2) is 13.4 Å². The first kappa shape index (κ1) is 23.2. The number of hydrogen-bond donors (Lipinski definition) is 1. The van der Waals surface area contributed by atoms with Crippen LogP contribution in [0.2, 0.25) is 0 Å². The van der Waals surface area contributed by atoms with Crippen LogP contribution in [0.25, 0.3) is 0 Å². The van der Waals surface area contributed by atoms with E-state index in [-0.39, 0.29) is 16.6 Å². The quantitative estimate of drug-likeness (QED) is 0.659. The molecule has 2 aromatic rings. The van der Waals surface area contributed by atoms with E-state index in [1.54, 1.807) is 23.5 Å². The number of amides is 1. The number of carbonyl (C=O) groups excluding carboxylic acids is 1. The fourth-order valence-corrected chi connectivity index (χ4v) is 7.19. The minimum absolute atomic E-state index is 0.0575. The maximum absolute atomic E-state index is 13.3. The Hall–Kier alpha value is -1.97. The second kappa shape index (κ2) is 10.3.